The lowest BCUT2D eigenvalue weighted by Gasteiger charge is -2.19. The highest BCUT2D eigenvalue weighted by Crippen LogP contribution is 2.22. The Morgan fingerprint density at radius 3 is 2.41 bits per heavy atom. The molecule has 6 heteroatoms. The van der Waals surface area contributed by atoms with E-state index in [0.29, 0.717) is 18.5 Å². The summed E-state index contributed by atoms with van der Waals surface area (Å²) >= 11 is 0. The fraction of sp³-hybridized carbons (Fsp3) is 0.286. The van der Waals surface area contributed by atoms with E-state index in [0.717, 1.165) is 17.7 Å². The number of nitrogens with zero attached hydrogens (tertiary/aromatic N) is 1. The summed E-state index contributed by atoms with van der Waals surface area (Å²) < 4.78 is 4.74. The standard InChI is InChI=1S/C21H22N2O4/c1-27-20(25)14-18(15-6-3-2-4-7-15)22-21(26)16-9-11-17(12-10-16)23-13-5-8-19(23)24/h2-4,6-7,9-12,18H,5,8,13-14H2,1H3,(H,22,26)/t18-/m1/s1. The van der Waals surface area contributed by atoms with E-state index in [1.165, 1.54) is 7.11 Å². The van der Waals surface area contributed by atoms with Crippen molar-refractivity contribution in [3.8, 4) is 0 Å². The minimum absolute atomic E-state index is 0.0482. The van der Waals surface area contributed by atoms with Gasteiger partial charge in [-0.25, -0.2) is 0 Å². The predicted molar refractivity (Wildman–Crippen MR) is 101 cm³/mol. The number of carbonyl (C=O) groups is 3. The molecule has 1 aliphatic rings. The monoisotopic (exact) mass is 366 g/mol. The molecule has 3 rings (SSSR count). The average molecular weight is 366 g/mol. The van der Waals surface area contributed by atoms with Crippen LogP contribution in [0.1, 0.15) is 41.2 Å². The summed E-state index contributed by atoms with van der Waals surface area (Å²) in [6.45, 7) is 0.708. The van der Waals surface area contributed by atoms with Gasteiger partial charge in [-0.05, 0) is 36.2 Å². The third-order valence-corrected chi connectivity index (χ3v) is 4.62. The van der Waals surface area contributed by atoms with E-state index in [9.17, 15) is 14.4 Å². The molecule has 0 saturated carbocycles. The van der Waals surface area contributed by atoms with Crippen molar-refractivity contribution < 1.29 is 19.1 Å². The molecule has 0 spiro atoms. The Bertz CT molecular complexity index is 818. The lowest BCUT2D eigenvalue weighted by atomic mass is 10.0. The Labute approximate surface area is 158 Å². The summed E-state index contributed by atoms with van der Waals surface area (Å²) in [4.78, 5) is 37.9. The van der Waals surface area contributed by atoms with E-state index in [4.69, 9.17) is 4.74 Å². The Hall–Kier alpha value is -3.15. The van der Waals surface area contributed by atoms with Crippen LogP contribution in [0.5, 0.6) is 0 Å². The zero-order chi connectivity index (χ0) is 19.2. The van der Waals surface area contributed by atoms with E-state index < -0.39 is 12.0 Å². The van der Waals surface area contributed by atoms with Gasteiger partial charge in [0.05, 0.1) is 19.6 Å². The number of benzene rings is 2. The smallest absolute Gasteiger partial charge is 0.307 e. The number of nitrogens with one attached hydrogen (secondary N) is 1. The first kappa shape index (κ1) is 18.6. The van der Waals surface area contributed by atoms with Crippen LogP contribution < -0.4 is 10.2 Å². The molecule has 0 aliphatic carbocycles. The van der Waals surface area contributed by atoms with Gasteiger partial charge < -0.3 is 15.0 Å². The summed E-state index contributed by atoms with van der Waals surface area (Å²) in [7, 11) is 1.32. The number of methoxy groups -OCH3 is 1. The van der Waals surface area contributed by atoms with Crippen LogP contribution in [0.4, 0.5) is 5.69 Å². The van der Waals surface area contributed by atoms with Crippen LogP contribution in [-0.2, 0) is 14.3 Å². The molecule has 0 radical (unpaired) electrons. The van der Waals surface area contributed by atoms with Gasteiger partial charge in [0.1, 0.15) is 0 Å². The highest BCUT2D eigenvalue weighted by molar-refractivity contribution is 5.97. The quantitative estimate of drug-likeness (QED) is 0.798. The zero-order valence-electron chi connectivity index (χ0n) is 15.2. The third kappa shape index (κ3) is 4.53. The SMILES string of the molecule is COC(=O)C[C@@H](NC(=O)c1ccc(N2CCCC2=O)cc1)c1ccccc1. The van der Waals surface area contributed by atoms with E-state index in [2.05, 4.69) is 5.32 Å². The number of esters is 1. The Morgan fingerprint density at radius 1 is 1.11 bits per heavy atom. The van der Waals surface area contributed by atoms with Crippen molar-refractivity contribution in [3.05, 3.63) is 65.7 Å². The van der Waals surface area contributed by atoms with Gasteiger partial charge in [0, 0.05) is 24.2 Å². The van der Waals surface area contributed by atoms with E-state index in [1.807, 2.05) is 30.3 Å². The van der Waals surface area contributed by atoms with Crippen molar-refractivity contribution >= 4 is 23.5 Å². The van der Waals surface area contributed by atoms with Crippen LogP contribution in [-0.4, -0.2) is 31.4 Å². The molecule has 2 amide bonds. The molecule has 6 nitrogen and oxygen atoms in total. The first-order valence-corrected chi connectivity index (χ1v) is 8.91. The first-order chi connectivity index (χ1) is 13.1. The number of carbonyl (C=O) groups excluding carboxylic acids is 3. The maximum atomic E-state index is 12.7. The topological polar surface area (TPSA) is 75.7 Å². The molecule has 1 saturated heterocycles. The van der Waals surface area contributed by atoms with Crippen LogP contribution >= 0.6 is 0 Å². The second-order valence-electron chi connectivity index (χ2n) is 6.41. The number of hydrogen-bond donors (Lipinski definition) is 1. The molecule has 2 aromatic rings. The molecule has 0 bridgehead atoms. The molecule has 1 N–H and O–H groups in total. The molecular weight excluding hydrogens is 344 g/mol. The predicted octanol–water partition coefficient (Wildman–Crippen LogP) is 2.85. The van der Waals surface area contributed by atoms with Crippen molar-refractivity contribution in [1.29, 1.82) is 0 Å². The van der Waals surface area contributed by atoms with Crippen molar-refractivity contribution in [1.82, 2.24) is 5.32 Å². The second kappa shape index (κ2) is 8.49. The highest BCUT2D eigenvalue weighted by atomic mass is 16.5. The molecule has 140 valence electrons. The average Bonchev–Trinajstić information content (AvgIpc) is 3.14. The third-order valence-electron chi connectivity index (χ3n) is 4.62. The van der Waals surface area contributed by atoms with Crippen molar-refractivity contribution in [2.75, 3.05) is 18.6 Å². The summed E-state index contributed by atoms with van der Waals surface area (Å²) in [5.74, 6) is -0.575. The van der Waals surface area contributed by atoms with Crippen molar-refractivity contribution in [3.63, 3.8) is 0 Å². The molecule has 1 atom stereocenters. The fourth-order valence-electron chi connectivity index (χ4n) is 3.14. The molecule has 1 aliphatic heterocycles. The zero-order valence-corrected chi connectivity index (χ0v) is 15.2. The van der Waals surface area contributed by atoms with Crippen LogP contribution in [0.2, 0.25) is 0 Å². The first-order valence-electron chi connectivity index (χ1n) is 8.91. The highest BCUT2D eigenvalue weighted by Gasteiger charge is 2.23. The molecule has 0 aromatic heterocycles. The van der Waals surface area contributed by atoms with Crippen LogP contribution in [0, 0.1) is 0 Å². The van der Waals surface area contributed by atoms with Crippen molar-refractivity contribution in [2.24, 2.45) is 0 Å². The van der Waals surface area contributed by atoms with Gasteiger partial charge in [-0.1, -0.05) is 30.3 Å². The molecule has 27 heavy (non-hydrogen) atoms. The van der Waals surface area contributed by atoms with E-state index >= 15 is 0 Å². The molecular formula is C21H22N2O4. The molecule has 1 fully saturated rings. The lowest BCUT2D eigenvalue weighted by Crippen LogP contribution is -2.30. The largest absolute Gasteiger partial charge is 0.469 e. The number of hydrogen-bond acceptors (Lipinski definition) is 4. The minimum Gasteiger partial charge on any atom is -0.469 e. The van der Waals surface area contributed by atoms with E-state index in [-0.39, 0.29) is 18.2 Å². The van der Waals surface area contributed by atoms with Gasteiger partial charge in [-0.2, -0.15) is 0 Å². The second-order valence-corrected chi connectivity index (χ2v) is 6.41. The lowest BCUT2D eigenvalue weighted by molar-refractivity contribution is -0.141. The molecule has 0 unspecified atom stereocenters. The maximum absolute atomic E-state index is 12.7. The van der Waals surface area contributed by atoms with Crippen LogP contribution in [0.15, 0.2) is 54.6 Å². The van der Waals surface area contributed by atoms with Gasteiger partial charge in [0.25, 0.3) is 5.91 Å². The summed E-state index contributed by atoms with van der Waals surface area (Å²) in [5.41, 5.74) is 2.09. The summed E-state index contributed by atoms with van der Waals surface area (Å²) in [6.07, 6.45) is 1.47. The normalized spacial score (nSPS) is 14.7. The van der Waals surface area contributed by atoms with Gasteiger partial charge >= 0.3 is 5.97 Å². The van der Waals surface area contributed by atoms with Gasteiger partial charge in [-0.3, -0.25) is 14.4 Å². The summed E-state index contributed by atoms with van der Waals surface area (Å²) in [6, 6.07) is 15.7. The van der Waals surface area contributed by atoms with Gasteiger partial charge in [-0.15, -0.1) is 0 Å². The Kier molecular flexibility index (Phi) is 5.86. The van der Waals surface area contributed by atoms with Crippen molar-refractivity contribution in [2.45, 2.75) is 25.3 Å². The number of anilines is 1. The maximum Gasteiger partial charge on any atom is 0.307 e. The van der Waals surface area contributed by atoms with Gasteiger partial charge in [0.15, 0.2) is 0 Å². The molecule has 1 heterocycles. The number of ether oxygens (including phenoxy) is 1. The minimum atomic E-state index is -0.481. The Balaban J connectivity index is 1.73. The fourth-order valence-corrected chi connectivity index (χ4v) is 3.14. The van der Waals surface area contributed by atoms with Crippen LogP contribution in [0.25, 0.3) is 0 Å². The van der Waals surface area contributed by atoms with Gasteiger partial charge in [0.2, 0.25) is 5.91 Å². The van der Waals surface area contributed by atoms with Crippen LogP contribution in [0.3, 0.4) is 0 Å². The number of rotatable bonds is 6. The summed E-state index contributed by atoms with van der Waals surface area (Å²) in [5, 5.41) is 2.89. The number of amides is 2. The molecule has 2 aromatic carbocycles. The Morgan fingerprint density at radius 2 is 1.81 bits per heavy atom. The van der Waals surface area contributed by atoms with E-state index in [1.54, 1.807) is 29.2 Å².